The van der Waals surface area contributed by atoms with Crippen molar-refractivity contribution < 1.29 is 14.3 Å². The molecule has 1 aromatic heterocycles. The smallest absolute Gasteiger partial charge is 0.260 e. The Morgan fingerprint density at radius 3 is 2.84 bits per heavy atom. The van der Waals surface area contributed by atoms with Crippen LogP contribution in [0.3, 0.4) is 0 Å². The summed E-state index contributed by atoms with van der Waals surface area (Å²) in [6.07, 6.45) is 1.47. The summed E-state index contributed by atoms with van der Waals surface area (Å²) < 4.78 is 13.0. The Balaban J connectivity index is 1.61. The van der Waals surface area contributed by atoms with Gasteiger partial charge in [-0.15, -0.1) is 0 Å². The number of morpholine rings is 1. The zero-order valence-electron chi connectivity index (χ0n) is 14.5. The van der Waals surface area contributed by atoms with Crippen LogP contribution in [0.15, 0.2) is 47.4 Å². The van der Waals surface area contributed by atoms with Crippen molar-refractivity contribution in [1.82, 2.24) is 9.47 Å². The van der Waals surface area contributed by atoms with Crippen LogP contribution in [-0.4, -0.2) is 41.7 Å². The molecule has 0 radical (unpaired) electrons. The quantitative estimate of drug-likeness (QED) is 0.848. The molecule has 25 heavy (non-hydrogen) atoms. The molecular weight excluding hydrogens is 320 g/mol. The molecule has 132 valence electrons. The molecule has 2 heterocycles. The summed E-state index contributed by atoms with van der Waals surface area (Å²) in [5, 5.41) is 0. The van der Waals surface area contributed by atoms with Crippen molar-refractivity contribution in [3.05, 3.63) is 64.1 Å². The summed E-state index contributed by atoms with van der Waals surface area (Å²) in [5.41, 5.74) is 1.67. The molecule has 0 unspecified atom stereocenters. The van der Waals surface area contributed by atoms with E-state index in [1.54, 1.807) is 15.7 Å². The highest BCUT2D eigenvalue weighted by Gasteiger charge is 2.25. The van der Waals surface area contributed by atoms with Gasteiger partial charge in [-0.2, -0.15) is 0 Å². The van der Waals surface area contributed by atoms with Crippen LogP contribution >= 0.6 is 0 Å². The number of nitrogens with zero attached hydrogens (tertiary/aromatic N) is 2. The van der Waals surface area contributed by atoms with Crippen molar-refractivity contribution >= 4 is 5.91 Å². The van der Waals surface area contributed by atoms with E-state index in [0.29, 0.717) is 19.7 Å². The number of ether oxygens (including phenoxy) is 2. The fourth-order valence-corrected chi connectivity index (χ4v) is 2.79. The van der Waals surface area contributed by atoms with Gasteiger partial charge in [0.05, 0.1) is 13.2 Å². The number of carbonyl (C=O) groups excluding carboxylic acids is 1. The Hall–Kier alpha value is -2.60. The second-order valence-corrected chi connectivity index (χ2v) is 6.15. The van der Waals surface area contributed by atoms with Crippen LogP contribution in [0.25, 0.3) is 0 Å². The lowest BCUT2D eigenvalue weighted by Crippen LogP contribution is -2.44. The number of amides is 1. The van der Waals surface area contributed by atoms with E-state index in [1.165, 1.54) is 6.07 Å². The van der Waals surface area contributed by atoms with Crippen molar-refractivity contribution in [2.75, 3.05) is 26.3 Å². The lowest BCUT2D eigenvalue weighted by atomic mass is 10.1. The predicted molar refractivity (Wildman–Crippen MR) is 93.6 cm³/mol. The topological polar surface area (TPSA) is 60.8 Å². The maximum atomic E-state index is 12.4. The molecular formula is C19H22N2O4. The van der Waals surface area contributed by atoms with Gasteiger partial charge in [0.2, 0.25) is 5.43 Å². The molecule has 1 aromatic carbocycles. The van der Waals surface area contributed by atoms with Crippen LogP contribution in [0.4, 0.5) is 0 Å². The molecule has 0 saturated carbocycles. The Labute approximate surface area is 146 Å². The zero-order valence-corrected chi connectivity index (χ0v) is 14.5. The third-order valence-electron chi connectivity index (χ3n) is 4.39. The minimum atomic E-state index is -0.215. The van der Waals surface area contributed by atoms with E-state index in [1.807, 2.05) is 44.3 Å². The lowest BCUT2D eigenvalue weighted by Gasteiger charge is -2.33. The van der Waals surface area contributed by atoms with Crippen molar-refractivity contribution in [3.8, 4) is 5.75 Å². The van der Waals surface area contributed by atoms with Crippen LogP contribution < -0.4 is 10.2 Å². The number of hydrogen-bond acceptors (Lipinski definition) is 4. The molecule has 1 aliphatic heterocycles. The number of aromatic nitrogens is 1. The monoisotopic (exact) mass is 342 g/mol. The molecule has 0 N–H and O–H groups in total. The van der Waals surface area contributed by atoms with Gasteiger partial charge in [-0.05, 0) is 12.5 Å². The molecule has 6 heteroatoms. The Morgan fingerprint density at radius 2 is 2.08 bits per heavy atom. The van der Waals surface area contributed by atoms with E-state index >= 15 is 0 Å². The molecule has 0 bridgehead atoms. The third-order valence-corrected chi connectivity index (χ3v) is 4.39. The summed E-state index contributed by atoms with van der Waals surface area (Å²) in [6, 6.07) is 11.3. The average molecular weight is 342 g/mol. The van der Waals surface area contributed by atoms with Crippen LogP contribution in [-0.2, 0) is 16.6 Å². The summed E-state index contributed by atoms with van der Waals surface area (Å²) >= 11 is 0. The van der Waals surface area contributed by atoms with Gasteiger partial charge in [-0.3, -0.25) is 9.59 Å². The van der Waals surface area contributed by atoms with E-state index in [2.05, 4.69) is 0 Å². The predicted octanol–water partition coefficient (Wildman–Crippen LogP) is 1.67. The summed E-state index contributed by atoms with van der Waals surface area (Å²) in [6.45, 7) is 3.18. The first-order valence-corrected chi connectivity index (χ1v) is 8.29. The molecule has 2 aromatic rings. The van der Waals surface area contributed by atoms with Gasteiger partial charge < -0.3 is 18.9 Å². The minimum absolute atomic E-state index is 0.133. The first kappa shape index (κ1) is 17.2. The highest BCUT2D eigenvalue weighted by Crippen LogP contribution is 2.22. The van der Waals surface area contributed by atoms with Crippen molar-refractivity contribution in [1.29, 1.82) is 0 Å². The molecule has 0 spiro atoms. The lowest BCUT2D eigenvalue weighted by molar-refractivity contribution is -0.141. The van der Waals surface area contributed by atoms with E-state index < -0.39 is 0 Å². The molecule has 1 aliphatic rings. The highest BCUT2D eigenvalue weighted by atomic mass is 16.5. The summed E-state index contributed by atoms with van der Waals surface area (Å²) in [4.78, 5) is 26.1. The minimum Gasteiger partial charge on any atom is -0.478 e. The Morgan fingerprint density at radius 1 is 1.32 bits per heavy atom. The molecule has 6 nitrogen and oxygen atoms in total. The van der Waals surface area contributed by atoms with E-state index in [-0.39, 0.29) is 29.8 Å². The average Bonchev–Trinajstić information content (AvgIpc) is 2.64. The van der Waals surface area contributed by atoms with Gasteiger partial charge in [0.15, 0.2) is 12.4 Å². The first-order valence-electron chi connectivity index (χ1n) is 8.29. The third kappa shape index (κ3) is 4.09. The number of aryl methyl sites for hydroxylation is 2. The summed E-state index contributed by atoms with van der Waals surface area (Å²) in [5.74, 6) is 0.0428. The van der Waals surface area contributed by atoms with Crippen molar-refractivity contribution in [2.24, 2.45) is 7.05 Å². The number of benzene rings is 1. The van der Waals surface area contributed by atoms with Crippen molar-refractivity contribution in [2.45, 2.75) is 13.0 Å². The SMILES string of the molecule is Cc1cc(=O)c(OCC(=O)N2CCO[C@@H](c3ccccc3)C2)cn1C. The largest absolute Gasteiger partial charge is 0.478 e. The standard InChI is InChI=1S/C19H22N2O4/c1-14-10-16(22)18(11-20(14)2)25-13-19(23)21-8-9-24-17(12-21)15-6-4-3-5-7-15/h3-7,10-11,17H,8-9,12-13H2,1-2H3/t17-/m1/s1. The highest BCUT2D eigenvalue weighted by molar-refractivity contribution is 5.78. The molecule has 1 amide bonds. The van der Waals surface area contributed by atoms with E-state index in [0.717, 1.165) is 11.3 Å². The second kappa shape index (κ2) is 7.53. The van der Waals surface area contributed by atoms with Gasteiger partial charge in [0.25, 0.3) is 5.91 Å². The van der Waals surface area contributed by atoms with Crippen molar-refractivity contribution in [3.63, 3.8) is 0 Å². The van der Waals surface area contributed by atoms with Gasteiger partial charge in [-0.1, -0.05) is 30.3 Å². The van der Waals surface area contributed by atoms with E-state index in [9.17, 15) is 9.59 Å². The zero-order chi connectivity index (χ0) is 17.8. The summed E-state index contributed by atoms with van der Waals surface area (Å²) in [7, 11) is 1.83. The van der Waals surface area contributed by atoms with Gasteiger partial charge >= 0.3 is 0 Å². The molecule has 1 atom stereocenters. The van der Waals surface area contributed by atoms with Gasteiger partial charge in [0.1, 0.15) is 6.10 Å². The van der Waals surface area contributed by atoms with Crippen LogP contribution in [0.5, 0.6) is 5.75 Å². The number of carbonyl (C=O) groups is 1. The fourth-order valence-electron chi connectivity index (χ4n) is 2.79. The van der Waals surface area contributed by atoms with Gasteiger partial charge in [-0.25, -0.2) is 0 Å². The van der Waals surface area contributed by atoms with Crippen LogP contribution in [0.2, 0.25) is 0 Å². The first-order chi connectivity index (χ1) is 12.0. The number of rotatable bonds is 4. The van der Waals surface area contributed by atoms with E-state index in [4.69, 9.17) is 9.47 Å². The fraction of sp³-hybridized carbons (Fsp3) is 0.368. The molecule has 3 rings (SSSR count). The van der Waals surface area contributed by atoms with Crippen LogP contribution in [0, 0.1) is 6.92 Å². The number of hydrogen-bond donors (Lipinski definition) is 0. The van der Waals surface area contributed by atoms with Crippen LogP contribution in [0.1, 0.15) is 17.4 Å². The van der Waals surface area contributed by atoms with Gasteiger partial charge in [0, 0.05) is 31.5 Å². The molecule has 0 aliphatic carbocycles. The Kier molecular flexibility index (Phi) is 5.19. The maximum Gasteiger partial charge on any atom is 0.260 e. The second-order valence-electron chi connectivity index (χ2n) is 6.15. The number of pyridine rings is 1. The molecule has 1 saturated heterocycles. The maximum absolute atomic E-state index is 12.4. The normalized spacial score (nSPS) is 17.4. The molecule has 1 fully saturated rings. The Bertz CT molecular complexity index is 801.